The van der Waals surface area contributed by atoms with Crippen molar-refractivity contribution in [1.82, 2.24) is 5.32 Å². The fourth-order valence-corrected chi connectivity index (χ4v) is 3.83. The molecule has 0 saturated carbocycles. The van der Waals surface area contributed by atoms with Crippen LogP contribution in [-0.4, -0.2) is 39.5 Å². The van der Waals surface area contributed by atoms with Crippen molar-refractivity contribution >= 4 is 15.7 Å². The number of hydrogen-bond acceptors (Lipinski definition) is 4. The lowest BCUT2D eigenvalue weighted by molar-refractivity contribution is -0.118. The summed E-state index contributed by atoms with van der Waals surface area (Å²) in [4.78, 5) is 11.9. The van der Waals surface area contributed by atoms with Crippen molar-refractivity contribution in [3.05, 3.63) is 65.7 Å². The van der Waals surface area contributed by atoms with Gasteiger partial charge in [-0.1, -0.05) is 42.5 Å². The molecule has 0 radical (unpaired) electrons. The highest BCUT2D eigenvalue weighted by Crippen LogP contribution is 2.11. The topological polar surface area (TPSA) is 72.5 Å². The third-order valence-corrected chi connectivity index (χ3v) is 5.62. The first-order valence-electron chi connectivity index (χ1n) is 8.62. The second-order valence-electron chi connectivity index (χ2n) is 6.13. The molecule has 0 bridgehead atoms. The number of amides is 1. The zero-order valence-electron chi connectivity index (χ0n) is 15.0. The molecule has 0 unspecified atom stereocenters. The van der Waals surface area contributed by atoms with E-state index in [0.29, 0.717) is 25.8 Å². The van der Waals surface area contributed by atoms with Gasteiger partial charge in [0.15, 0.2) is 9.84 Å². The largest absolute Gasteiger partial charge is 0.497 e. The van der Waals surface area contributed by atoms with Crippen LogP contribution in [0.4, 0.5) is 0 Å². The molecule has 0 saturated heterocycles. The molecule has 0 aliphatic heterocycles. The van der Waals surface area contributed by atoms with Crippen LogP contribution in [0.5, 0.6) is 5.75 Å². The van der Waals surface area contributed by atoms with Crippen LogP contribution in [0, 0.1) is 0 Å². The van der Waals surface area contributed by atoms with Gasteiger partial charge in [-0.2, -0.15) is 0 Å². The van der Waals surface area contributed by atoms with Crippen LogP contribution in [0.1, 0.15) is 17.5 Å². The second-order valence-corrected chi connectivity index (χ2v) is 8.31. The molecule has 1 amide bonds. The minimum absolute atomic E-state index is 0.0216. The van der Waals surface area contributed by atoms with Gasteiger partial charge in [-0.15, -0.1) is 0 Å². The molecule has 0 heterocycles. The summed E-state index contributed by atoms with van der Waals surface area (Å²) >= 11 is 0. The van der Waals surface area contributed by atoms with Gasteiger partial charge in [-0.25, -0.2) is 8.42 Å². The lowest BCUT2D eigenvalue weighted by Crippen LogP contribution is -2.32. The minimum Gasteiger partial charge on any atom is -0.497 e. The Bertz CT molecular complexity index is 786. The molecule has 5 nitrogen and oxygen atoms in total. The van der Waals surface area contributed by atoms with Gasteiger partial charge in [0, 0.05) is 6.54 Å². The monoisotopic (exact) mass is 375 g/mol. The van der Waals surface area contributed by atoms with E-state index in [1.54, 1.807) is 7.11 Å². The molecular formula is C20H25NO4S. The number of rotatable bonds is 10. The highest BCUT2D eigenvalue weighted by Gasteiger charge is 2.16. The van der Waals surface area contributed by atoms with Crippen molar-refractivity contribution in [3.63, 3.8) is 0 Å². The Morgan fingerprint density at radius 1 is 0.962 bits per heavy atom. The maximum atomic E-state index is 12.1. The number of benzene rings is 2. The molecule has 0 atom stereocenters. The Labute approximate surface area is 155 Å². The van der Waals surface area contributed by atoms with Crippen molar-refractivity contribution in [3.8, 4) is 5.75 Å². The van der Waals surface area contributed by atoms with Gasteiger partial charge >= 0.3 is 0 Å². The van der Waals surface area contributed by atoms with Gasteiger partial charge in [0.1, 0.15) is 11.5 Å². The Morgan fingerprint density at radius 3 is 2.27 bits per heavy atom. The van der Waals surface area contributed by atoms with Crippen LogP contribution < -0.4 is 10.1 Å². The Morgan fingerprint density at radius 2 is 1.62 bits per heavy atom. The first kappa shape index (κ1) is 20.0. The SMILES string of the molecule is COc1ccc(CCNC(=O)CS(=O)(=O)CCCc2ccccc2)cc1. The van der Waals surface area contributed by atoms with E-state index >= 15 is 0 Å². The first-order valence-corrected chi connectivity index (χ1v) is 10.4. The number of nitrogens with one attached hydrogen (secondary N) is 1. The van der Waals surface area contributed by atoms with E-state index in [1.807, 2.05) is 54.6 Å². The van der Waals surface area contributed by atoms with Crippen molar-refractivity contribution in [1.29, 1.82) is 0 Å². The first-order chi connectivity index (χ1) is 12.5. The zero-order chi connectivity index (χ0) is 18.8. The van der Waals surface area contributed by atoms with E-state index in [0.717, 1.165) is 16.9 Å². The fraction of sp³-hybridized carbons (Fsp3) is 0.350. The van der Waals surface area contributed by atoms with Crippen LogP contribution in [0.2, 0.25) is 0 Å². The van der Waals surface area contributed by atoms with Crippen LogP contribution in [0.25, 0.3) is 0 Å². The van der Waals surface area contributed by atoms with Gasteiger partial charge in [0.05, 0.1) is 12.9 Å². The van der Waals surface area contributed by atoms with E-state index in [-0.39, 0.29) is 5.75 Å². The average Bonchev–Trinajstić information content (AvgIpc) is 2.62. The molecule has 2 rings (SSSR count). The molecule has 0 aliphatic carbocycles. The summed E-state index contributed by atoms with van der Waals surface area (Å²) in [5.41, 5.74) is 2.16. The Kier molecular flexibility index (Phi) is 7.66. The number of carbonyl (C=O) groups excluding carboxylic acids is 1. The van der Waals surface area contributed by atoms with Crippen molar-refractivity contribution in [2.24, 2.45) is 0 Å². The molecule has 0 aromatic heterocycles. The van der Waals surface area contributed by atoms with E-state index in [9.17, 15) is 13.2 Å². The molecule has 0 fully saturated rings. The summed E-state index contributed by atoms with van der Waals surface area (Å²) in [6.45, 7) is 0.407. The number of hydrogen-bond donors (Lipinski definition) is 1. The molecule has 140 valence electrons. The van der Waals surface area contributed by atoms with Crippen molar-refractivity contribution < 1.29 is 17.9 Å². The summed E-state index contributed by atoms with van der Waals surface area (Å²) < 4.78 is 29.2. The number of methoxy groups -OCH3 is 1. The third kappa shape index (κ3) is 7.27. The maximum Gasteiger partial charge on any atom is 0.235 e. The summed E-state index contributed by atoms with van der Waals surface area (Å²) in [7, 11) is -1.78. The number of carbonyl (C=O) groups is 1. The maximum absolute atomic E-state index is 12.1. The highest BCUT2D eigenvalue weighted by molar-refractivity contribution is 7.92. The second kappa shape index (κ2) is 9.97. The standard InChI is InChI=1S/C20H25NO4S/c1-25-19-11-9-18(10-12-19)13-14-21-20(22)16-26(23,24)15-5-8-17-6-3-2-4-7-17/h2-4,6-7,9-12H,5,8,13-16H2,1H3,(H,21,22). The summed E-state index contributed by atoms with van der Waals surface area (Å²) in [6, 6.07) is 17.3. The van der Waals surface area contributed by atoms with Gasteiger partial charge < -0.3 is 10.1 Å². The quantitative estimate of drug-likeness (QED) is 0.692. The van der Waals surface area contributed by atoms with E-state index < -0.39 is 21.5 Å². The van der Waals surface area contributed by atoms with Gasteiger partial charge in [0.25, 0.3) is 0 Å². The van der Waals surface area contributed by atoms with Crippen molar-refractivity contribution in [2.75, 3.05) is 25.2 Å². The molecule has 1 N–H and O–H groups in total. The molecule has 2 aromatic rings. The predicted molar refractivity (Wildman–Crippen MR) is 103 cm³/mol. The van der Waals surface area contributed by atoms with Crippen LogP contribution in [0.15, 0.2) is 54.6 Å². The van der Waals surface area contributed by atoms with Gasteiger partial charge in [-0.3, -0.25) is 4.79 Å². The average molecular weight is 375 g/mol. The fourth-order valence-electron chi connectivity index (χ4n) is 2.60. The van der Waals surface area contributed by atoms with Gasteiger partial charge in [-0.05, 0) is 42.5 Å². The van der Waals surface area contributed by atoms with E-state index in [1.165, 1.54) is 0 Å². The third-order valence-electron chi connectivity index (χ3n) is 4.01. The van der Waals surface area contributed by atoms with Gasteiger partial charge in [0.2, 0.25) is 5.91 Å². The Hall–Kier alpha value is -2.34. The molecule has 6 heteroatoms. The lowest BCUT2D eigenvalue weighted by Gasteiger charge is -2.07. The van der Waals surface area contributed by atoms with Crippen molar-refractivity contribution in [2.45, 2.75) is 19.3 Å². The number of aryl methyl sites for hydroxylation is 1. The molecular weight excluding hydrogens is 350 g/mol. The number of ether oxygens (including phenoxy) is 1. The van der Waals surface area contributed by atoms with Crippen LogP contribution in [0.3, 0.4) is 0 Å². The normalized spacial score (nSPS) is 11.1. The van der Waals surface area contributed by atoms with Crippen LogP contribution in [-0.2, 0) is 27.5 Å². The summed E-state index contributed by atoms with van der Waals surface area (Å²) in [6.07, 6.45) is 1.86. The number of sulfone groups is 1. The van der Waals surface area contributed by atoms with E-state index in [2.05, 4.69) is 5.32 Å². The predicted octanol–water partition coefficient (Wildman–Crippen LogP) is 2.40. The zero-order valence-corrected chi connectivity index (χ0v) is 15.8. The molecule has 0 aliphatic rings. The summed E-state index contributed by atoms with van der Waals surface area (Å²) in [5, 5.41) is 2.67. The Balaban J connectivity index is 1.68. The lowest BCUT2D eigenvalue weighted by atomic mass is 10.1. The van der Waals surface area contributed by atoms with E-state index in [4.69, 9.17) is 4.74 Å². The molecule has 0 spiro atoms. The smallest absolute Gasteiger partial charge is 0.235 e. The molecule has 2 aromatic carbocycles. The minimum atomic E-state index is -3.38. The van der Waals surface area contributed by atoms with Crippen LogP contribution >= 0.6 is 0 Å². The summed E-state index contributed by atoms with van der Waals surface area (Å²) in [5.74, 6) is -0.101. The highest BCUT2D eigenvalue weighted by atomic mass is 32.2. The molecule has 26 heavy (non-hydrogen) atoms.